The molecule has 1 rings (SSSR count). The van der Waals surface area contributed by atoms with Gasteiger partial charge in [-0.05, 0) is 5.92 Å². The molecule has 13 heavy (non-hydrogen) atoms. The van der Waals surface area contributed by atoms with Gasteiger partial charge in [-0.1, -0.05) is 70.5 Å². The third kappa shape index (κ3) is 2.75. The third-order valence-electron chi connectivity index (χ3n) is 3.61. The van der Waals surface area contributed by atoms with Crippen LogP contribution in [0.25, 0.3) is 0 Å². The van der Waals surface area contributed by atoms with Gasteiger partial charge in [0, 0.05) is 0 Å². The summed E-state index contributed by atoms with van der Waals surface area (Å²) in [5.74, 6) is 0.811. The van der Waals surface area contributed by atoms with E-state index in [0.717, 1.165) is 5.92 Å². The molecule has 0 aromatic rings. The van der Waals surface area contributed by atoms with Crippen LogP contribution in [-0.2, 0) is 0 Å². The van der Waals surface area contributed by atoms with Gasteiger partial charge in [0.2, 0.25) is 0 Å². The topological polar surface area (TPSA) is 0 Å². The normalized spacial score (nSPS) is 34.8. The molecule has 1 aliphatic carbocycles. The van der Waals surface area contributed by atoms with E-state index in [0.29, 0.717) is 0 Å². The van der Waals surface area contributed by atoms with E-state index in [9.17, 15) is 0 Å². The minimum atomic E-state index is 0.197. The summed E-state index contributed by atoms with van der Waals surface area (Å²) in [6, 6.07) is 0. The van der Waals surface area contributed by atoms with Gasteiger partial charge in [0.1, 0.15) is 0 Å². The zero-order chi connectivity index (χ0) is 9.73. The molecule has 1 aliphatic rings. The molecule has 1 heteroatoms. The van der Waals surface area contributed by atoms with Gasteiger partial charge in [-0.15, -0.1) is 0 Å². The molecule has 0 bridgehead atoms. The summed E-state index contributed by atoms with van der Waals surface area (Å²) < 4.78 is 0. The Balaban J connectivity index is 2.54. The highest BCUT2D eigenvalue weighted by atomic mass is 14.4. The van der Waals surface area contributed by atoms with E-state index in [4.69, 9.17) is 7.85 Å². The Labute approximate surface area is 84.9 Å². The van der Waals surface area contributed by atoms with Gasteiger partial charge >= 0.3 is 0 Å². The van der Waals surface area contributed by atoms with Crippen molar-refractivity contribution in [3.63, 3.8) is 0 Å². The number of hydrogen-bond donors (Lipinski definition) is 0. The monoisotopic (exact) mass is 178 g/mol. The van der Waals surface area contributed by atoms with Crippen molar-refractivity contribution in [2.75, 3.05) is 0 Å². The fraction of sp³-hybridized carbons (Fsp3) is 1.00. The maximum absolute atomic E-state index is 6.50. The highest BCUT2D eigenvalue weighted by Crippen LogP contribution is 2.50. The van der Waals surface area contributed by atoms with Crippen molar-refractivity contribution in [2.45, 2.75) is 70.5 Å². The largest absolute Gasteiger partial charge is 0.0750 e. The molecule has 2 radical (unpaired) electrons. The summed E-state index contributed by atoms with van der Waals surface area (Å²) in [5, 5.41) is 0.197. The molecule has 0 aliphatic heterocycles. The molecule has 0 saturated heterocycles. The van der Waals surface area contributed by atoms with Crippen molar-refractivity contribution in [3.05, 3.63) is 0 Å². The first kappa shape index (κ1) is 11.1. The first-order chi connectivity index (χ1) is 6.23. The molecule has 1 fully saturated rings. The van der Waals surface area contributed by atoms with E-state index < -0.39 is 0 Å². The Kier molecular flexibility index (Phi) is 4.35. The standard InChI is InChI=1S/C12H23B/c1-3-7-11-8-5-6-10-12(11,13)9-4-2/h11H,3-10H2,1-2H3. The minimum absolute atomic E-state index is 0.197. The highest BCUT2D eigenvalue weighted by Gasteiger charge is 2.33. The van der Waals surface area contributed by atoms with Crippen molar-refractivity contribution in [1.82, 2.24) is 0 Å². The fourth-order valence-corrected chi connectivity index (χ4v) is 2.91. The van der Waals surface area contributed by atoms with Crippen molar-refractivity contribution >= 4 is 7.85 Å². The first-order valence-electron chi connectivity index (χ1n) is 6.02. The Morgan fingerprint density at radius 3 is 2.62 bits per heavy atom. The van der Waals surface area contributed by atoms with Crippen molar-refractivity contribution < 1.29 is 0 Å². The van der Waals surface area contributed by atoms with Crippen LogP contribution in [0.5, 0.6) is 0 Å². The Hall–Kier alpha value is 0.0649. The molecule has 1 saturated carbocycles. The van der Waals surface area contributed by atoms with Crippen LogP contribution in [0.2, 0.25) is 5.31 Å². The predicted octanol–water partition coefficient (Wildman–Crippen LogP) is 4.10. The number of rotatable bonds is 4. The van der Waals surface area contributed by atoms with Crippen LogP contribution >= 0.6 is 0 Å². The molecule has 74 valence electrons. The van der Waals surface area contributed by atoms with Crippen molar-refractivity contribution in [1.29, 1.82) is 0 Å². The summed E-state index contributed by atoms with van der Waals surface area (Å²) in [5.41, 5.74) is 0. The van der Waals surface area contributed by atoms with E-state index in [-0.39, 0.29) is 5.31 Å². The summed E-state index contributed by atoms with van der Waals surface area (Å²) in [4.78, 5) is 0. The molecular weight excluding hydrogens is 155 g/mol. The quantitative estimate of drug-likeness (QED) is 0.568. The fourth-order valence-electron chi connectivity index (χ4n) is 2.91. The molecule has 2 unspecified atom stereocenters. The van der Waals surface area contributed by atoms with Gasteiger partial charge in [0.15, 0.2) is 0 Å². The summed E-state index contributed by atoms with van der Waals surface area (Å²) in [6.07, 6.45) is 10.5. The van der Waals surface area contributed by atoms with Gasteiger partial charge in [-0.25, -0.2) is 0 Å². The van der Waals surface area contributed by atoms with Gasteiger partial charge in [0.25, 0.3) is 0 Å². The predicted molar refractivity (Wildman–Crippen MR) is 60.2 cm³/mol. The lowest BCUT2D eigenvalue weighted by Gasteiger charge is -2.42. The third-order valence-corrected chi connectivity index (χ3v) is 3.61. The molecule has 0 N–H and O–H groups in total. The molecular formula is C12H23B. The Morgan fingerprint density at radius 2 is 2.00 bits per heavy atom. The van der Waals surface area contributed by atoms with Gasteiger partial charge in [0.05, 0.1) is 7.85 Å². The average Bonchev–Trinajstić information content (AvgIpc) is 2.10. The van der Waals surface area contributed by atoms with Gasteiger partial charge < -0.3 is 0 Å². The molecule has 0 heterocycles. The van der Waals surface area contributed by atoms with Crippen molar-refractivity contribution in [2.24, 2.45) is 5.92 Å². The Morgan fingerprint density at radius 1 is 1.23 bits per heavy atom. The lowest BCUT2D eigenvalue weighted by Crippen LogP contribution is -2.27. The van der Waals surface area contributed by atoms with Crippen molar-refractivity contribution in [3.8, 4) is 0 Å². The maximum atomic E-state index is 6.50. The van der Waals surface area contributed by atoms with Gasteiger partial charge in [-0.2, -0.15) is 0 Å². The van der Waals surface area contributed by atoms with E-state index in [1.807, 2.05) is 0 Å². The van der Waals surface area contributed by atoms with Crippen LogP contribution in [0.15, 0.2) is 0 Å². The lowest BCUT2D eigenvalue weighted by molar-refractivity contribution is 0.227. The first-order valence-corrected chi connectivity index (χ1v) is 6.02. The smallest absolute Gasteiger partial charge is 0.0654 e. The Bertz CT molecular complexity index is 138. The molecule has 0 aromatic carbocycles. The van der Waals surface area contributed by atoms with Crippen LogP contribution in [0.4, 0.5) is 0 Å². The van der Waals surface area contributed by atoms with Crippen LogP contribution < -0.4 is 0 Å². The van der Waals surface area contributed by atoms with Crippen LogP contribution in [-0.4, -0.2) is 7.85 Å². The van der Waals surface area contributed by atoms with Gasteiger partial charge in [-0.3, -0.25) is 0 Å². The van der Waals surface area contributed by atoms with Crippen LogP contribution in [0, 0.1) is 5.92 Å². The van der Waals surface area contributed by atoms with E-state index in [1.165, 1.54) is 51.4 Å². The molecule has 0 spiro atoms. The van der Waals surface area contributed by atoms with Crippen LogP contribution in [0.1, 0.15) is 65.2 Å². The second kappa shape index (κ2) is 5.07. The molecule has 0 nitrogen and oxygen atoms in total. The molecule has 0 amide bonds. The average molecular weight is 178 g/mol. The molecule has 0 aromatic heterocycles. The van der Waals surface area contributed by atoms with E-state index in [2.05, 4.69) is 13.8 Å². The zero-order valence-corrected chi connectivity index (χ0v) is 9.31. The second-order valence-electron chi connectivity index (χ2n) is 4.71. The van der Waals surface area contributed by atoms with Crippen LogP contribution in [0.3, 0.4) is 0 Å². The maximum Gasteiger partial charge on any atom is 0.0750 e. The van der Waals surface area contributed by atoms with E-state index in [1.54, 1.807) is 0 Å². The molecule has 2 atom stereocenters. The van der Waals surface area contributed by atoms with E-state index >= 15 is 0 Å². The SMILES string of the molecule is [B]C1(CCC)CCCCC1CCC. The zero-order valence-electron chi connectivity index (χ0n) is 9.31. The summed E-state index contributed by atoms with van der Waals surface area (Å²) >= 11 is 0. The number of hydrogen-bond acceptors (Lipinski definition) is 0. The second-order valence-corrected chi connectivity index (χ2v) is 4.71. The lowest BCUT2D eigenvalue weighted by atomic mass is 9.52. The highest BCUT2D eigenvalue weighted by molar-refractivity contribution is 6.15. The minimum Gasteiger partial charge on any atom is -0.0654 e. The summed E-state index contributed by atoms with van der Waals surface area (Å²) in [6.45, 7) is 4.53. The summed E-state index contributed by atoms with van der Waals surface area (Å²) in [7, 11) is 6.50.